The number of amides is 1. The minimum atomic E-state index is 0. The number of carbonyl (C=O) groups excluding carboxylic acids is 1. The van der Waals surface area contributed by atoms with Crippen LogP contribution in [0.25, 0.3) is 0 Å². The molecule has 1 amide bonds. The van der Waals surface area contributed by atoms with Gasteiger partial charge in [0.1, 0.15) is 0 Å². The van der Waals surface area contributed by atoms with Crippen LogP contribution in [0.1, 0.15) is 37.3 Å². The van der Waals surface area contributed by atoms with Gasteiger partial charge in [-0.15, -0.1) is 12.4 Å². The van der Waals surface area contributed by atoms with Gasteiger partial charge in [-0.3, -0.25) is 4.79 Å². The molecule has 2 heterocycles. The standard InChI is InChI=1S/C16H22N2O.ClH/c19-16(14-11-17-12-14)18-10-6-2-5-9-15(18)13-7-3-1-4-8-13;/h1,3-4,7-8,14-15,17H,2,5-6,9-12H2;1H. The maximum Gasteiger partial charge on any atom is 0.228 e. The normalized spacial score (nSPS) is 23.4. The molecule has 1 aromatic carbocycles. The fourth-order valence-corrected chi connectivity index (χ4v) is 3.09. The molecule has 0 aromatic heterocycles. The van der Waals surface area contributed by atoms with Gasteiger partial charge in [0.25, 0.3) is 0 Å². The molecular formula is C16H23ClN2O. The van der Waals surface area contributed by atoms with E-state index in [9.17, 15) is 4.79 Å². The van der Waals surface area contributed by atoms with E-state index in [4.69, 9.17) is 0 Å². The van der Waals surface area contributed by atoms with Gasteiger partial charge in [-0.05, 0) is 18.4 Å². The van der Waals surface area contributed by atoms with Crippen LogP contribution in [-0.4, -0.2) is 30.4 Å². The molecule has 2 saturated heterocycles. The quantitative estimate of drug-likeness (QED) is 0.910. The number of rotatable bonds is 2. The van der Waals surface area contributed by atoms with E-state index in [2.05, 4.69) is 34.5 Å². The minimum Gasteiger partial charge on any atom is -0.335 e. The molecule has 3 nitrogen and oxygen atoms in total. The predicted octanol–water partition coefficient (Wildman–Crippen LogP) is 2.77. The highest BCUT2D eigenvalue weighted by Gasteiger charge is 2.33. The zero-order chi connectivity index (χ0) is 13.1. The summed E-state index contributed by atoms with van der Waals surface area (Å²) in [5.74, 6) is 0.568. The van der Waals surface area contributed by atoms with Crippen molar-refractivity contribution in [2.45, 2.75) is 31.7 Å². The van der Waals surface area contributed by atoms with Crippen LogP contribution >= 0.6 is 12.4 Å². The zero-order valence-electron chi connectivity index (χ0n) is 11.8. The van der Waals surface area contributed by atoms with E-state index in [1.165, 1.54) is 18.4 Å². The lowest BCUT2D eigenvalue weighted by molar-refractivity contribution is -0.139. The summed E-state index contributed by atoms with van der Waals surface area (Å²) in [4.78, 5) is 14.7. The average molecular weight is 295 g/mol. The Morgan fingerprint density at radius 1 is 1.10 bits per heavy atom. The van der Waals surface area contributed by atoms with Gasteiger partial charge in [0.2, 0.25) is 5.91 Å². The van der Waals surface area contributed by atoms with Gasteiger partial charge in [0, 0.05) is 19.6 Å². The second-order valence-electron chi connectivity index (χ2n) is 5.66. The number of nitrogens with one attached hydrogen (secondary N) is 1. The second-order valence-corrected chi connectivity index (χ2v) is 5.66. The van der Waals surface area contributed by atoms with Crippen molar-refractivity contribution in [3.05, 3.63) is 35.9 Å². The summed E-state index contributed by atoms with van der Waals surface area (Å²) < 4.78 is 0. The number of halogens is 1. The average Bonchev–Trinajstić information content (AvgIpc) is 2.63. The van der Waals surface area contributed by atoms with Crippen molar-refractivity contribution in [3.63, 3.8) is 0 Å². The molecule has 3 rings (SSSR count). The Balaban J connectivity index is 0.00000147. The molecular weight excluding hydrogens is 272 g/mol. The maximum atomic E-state index is 12.6. The Morgan fingerprint density at radius 3 is 2.50 bits per heavy atom. The Morgan fingerprint density at radius 2 is 1.85 bits per heavy atom. The third-order valence-electron chi connectivity index (χ3n) is 4.35. The van der Waals surface area contributed by atoms with E-state index in [0.717, 1.165) is 32.5 Å². The van der Waals surface area contributed by atoms with Crippen LogP contribution in [0.2, 0.25) is 0 Å². The third-order valence-corrected chi connectivity index (χ3v) is 4.35. The van der Waals surface area contributed by atoms with Gasteiger partial charge >= 0.3 is 0 Å². The fourth-order valence-electron chi connectivity index (χ4n) is 3.09. The van der Waals surface area contributed by atoms with E-state index >= 15 is 0 Å². The summed E-state index contributed by atoms with van der Waals surface area (Å²) in [5, 5.41) is 3.20. The first-order chi connectivity index (χ1) is 9.36. The smallest absolute Gasteiger partial charge is 0.228 e. The van der Waals surface area contributed by atoms with Gasteiger partial charge in [-0.1, -0.05) is 43.2 Å². The summed E-state index contributed by atoms with van der Waals surface area (Å²) in [6.45, 7) is 2.64. The molecule has 1 aromatic rings. The highest BCUT2D eigenvalue weighted by molar-refractivity contribution is 5.85. The molecule has 1 N–H and O–H groups in total. The molecule has 0 aliphatic carbocycles. The van der Waals surface area contributed by atoms with Crippen LogP contribution < -0.4 is 5.32 Å². The second kappa shape index (κ2) is 7.09. The van der Waals surface area contributed by atoms with Crippen LogP contribution in [0.3, 0.4) is 0 Å². The van der Waals surface area contributed by atoms with E-state index in [1.54, 1.807) is 0 Å². The number of hydrogen-bond acceptors (Lipinski definition) is 2. The molecule has 2 aliphatic heterocycles. The van der Waals surface area contributed by atoms with Crippen molar-refractivity contribution in [1.82, 2.24) is 10.2 Å². The van der Waals surface area contributed by atoms with E-state index in [1.807, 2.05) is 6.07 Å². The van der Waals surface area contributed by atoms with Crippen LogP contribution in [0.5, 0.6) is 0 Å². The van der Waals surface area contributed by atoms with Crippen LogP contribution in [0.15, 0.2) is 30.3 Å². The summed E-state index contributed by atoms with van der Waals surface area (Å²) in [5.41, 5.74) is 1.30. The van der Waals surface area contributed by atoms with Crippen molar-refractivity contribution in [2.24, 2.45) is 5.92 Å². The molecule has 0 bridgehead atoms. The number of nitrogens with zero attached hydrogens (tertiary/aromatic N) is 1. The molecule has 2 fully saturated rings. The molecule has 20 heavy (non-hydrogen) atoms. The van der Waals surface area contributed by atoms with Crippen LogP contribution in [0.4, 0.5) is 0 Å². The van der Waals surface area contributed by atoms with Crippen molar-refractivity contribution in [3.8, 4) is 0 Å². The maximum absolute atomic E-state index is 12.6. The summed E-state index contributed by atoms with van der Waals surface area (Å²) in [6.07, 6.45) is 4.73. The molecule has 1 atom stereocenters. The molecule has 0 radical (unpaired) electrons. The van der Waals surface area contributed by atoms with Crippen molar-refractivity contribution >= 4 is 18.3 Å². The Labute approximate surface area is 127 Å². The first kappa shape index (κ1) is 15.3. The summed E-state index contributed by atoms with van der Waals surface area (Å²) in [7, 11) is 0. The van der Waals surface area contributed by atoms with Crippen molar-refractivity contribution in [1.29, 1.82) is 0 Å². The number of hydrogen-bond donors (Lipinski definition) is 1. The van der Waals surface area contributed by atoms with Crippen LogP contribution in [0, 0.1) is 5.92 Å². The van der Waals surface area contributed by atoms with Gasteiger partial charge < -0.3 is 10.2 Å². The minimum absolute atomic E-state index is 0. The summed E-state index contributed by atoms with van der Waals surface area (Å²) >= 11 is 0. The molecule has 0 saturated carbocycles. The SMILES string of the molecule is Cl.O=C(C1CNC1)N1CCCCCC1c1ccccc1. The van der Waals surface area contributed by atoms with Gasteiger partial charge in [0.05, 0.1) is 12.0 Å². The third kappa shape index (κ3) is 3.15. The van der Waals surface area contributed by atoms with Crippen molar-refractivity contribution < 1.29 is 4.79 Å². The van der Waals surface area contributed by atoms with E-state index in [-0.39, 0.29) is 24.4 Å². The first-order valence-corrected chi connectivity index (χ1v) is 7.42. The number of likely N-dealkylation sites (tertiary alicyclic amines) is 1. The topological polar surface area (TPSA) is 32.3 Å². The molecule has 4 heteroatoms. The van der Waals surface area contributed by atoms with E-state index in [0.29, 0.717) is 5.91 Å². The Bertz CT molecular complexity index is 433. The zero-order valence-corrected chi connectivity index (χ0v) is 12.6. The lowest BCUT2D eigenvalue weighted by atomic mass is 9.97. The monoisotopic (exact) mass is 294 g/mol. The van der Waals surface area contributed by atoms with Crippen molar-refractivity contribution in [2.75, 3.05) is 19.6 Å². The van der Waals surface area contributed by atoms with Gasteiger partial charge in [-0.25, -0.2) is 0 Å². The van der Waals surface area contributed by atoms with Gasteiger partial charge in [-0.2, -0.15) is 0 Å². The first-order valence-electron chi connectivity index (χ1n) is 7.42. The van der Waals surface area contributed by atoms with Gasteiger partial charge in [0.15, 0.2) is 0 Å². The largest absolute Gasteiger partial charge is 0.335 e. The Hall–Kier alpha value is -1.06. The lowest BCUT2D eigenvalue weighted by Crippen LogP contribution is -2.52. The number of benzene rings is 1. The van der Waals surface area contributed by atoms with E-state index < -0.39 is 0 Å². The molecule has 0 spiro atoms. The highest BCUT2D eigenvalue weighted by Crippen LogP contribution is 2.31. The predicted molar refractivity (Wildman–Crippen MR) is 83.0 cm³/mol. The molecule has 1 unspecified atom stereocenters. The Kier molecular flexibility index (Phi) is 5.44. The number of carbonyl (C=O) groups is 1. The summed E-state index contributed by atoms with van der Waals surface area (Å²) in [6, 6.07) is 10.8. The fraction of sp³-hybridized carbons (Fsp3) is 0.562. The molecule has 110 valence electrons. The highest BCUT2D eigenvalue weighted by atomic mass is 35.5. The lowest BCUT2D eigenvalue weighted by Gasteiger charge is -2.36. The van der Waals surface area contributed by atoms with Crippen LogP contribution in [-0.2, 0) is 4.79 Å². The molecule has 2 aliphatic rings.